The van der Waals surface area contributed by atoms with Gasteiger partial charge in [-0.1, -0.05) is 11.6 Å². The lowest BCUT2D eigenvalue weighted by molar-refractivity contribution is 0.0793. The third-order valence-electron chi connectivity index (χ3n) is 4.50. The van der Waals surface area contributed by atoms with Crippen LogP contribution < -0.4 is 0 Å². The van der Waals surface area contributed by atoms with Crippen molar-refractivity contribution in [3.63, 3.8) is 0 Å². The van der Waals surface area contributed by atoms with Crippen molar-refractivity contribution in [1.82, 2.24) is 19.7 Å². The lowest BCUT2D eigenvalue weighted by Crippen LogP contribution is -2.28. The van der Waals surface area contributed by atoms with E-state index >= 15 is 0 Å². The first-order chi connectivity index (χ1) is 12.1. The van der Waals surface area contributed by atoms with Gasteiger partial charge >= 0.3 is 0 Å². The number of hydrogen-bond donors (Lipinski definition) is 0. The fourth-order valence-corrected chi connectivity index (χ4v) is 3.56. The maximum atomic E-state index is 13.2. The molecule has 0 saturated carbocycles. The Morgan fingerprint density at radius 3 is 2.56 bits per heavy atom. The van der Waals surface area contributed by atoms with Crippen LogP contribution in [-0.4, -0.2) is 38.7 Å². The Morgan fingerprint density at radius 1 is 1.20 bits per heavy atom. The zero-order valence-electron chi connectivity index (χ0n) is 13.7. The molecule has 2 aromatic heterocycles. The third-order valence-corrected chi connectivity index (χ3v) is 4.90. The lowest BCUT2D eigenvalue weighted by Gasteiger charge is -2.16. The molecule has 128 valence electrons. The van der Waals surface area contributed by atoms with Crippen LogP contribution >= 0.6 is 11.6 Å². The molecular weight excluding hydrogens is 343 g/mol. The van der Waals surface area contributed by atoms with E-state index in [9.17, 15) is 9.18 Å². The molecule has 0 atom stereocenters. The summed E-state index contributed by atoms with van der Waals surface area (Å²) in [5.41, 5.74) is 2.31. The topological polar surface area (TPSA) is 51.0 Å². The van der Waals surface area contributed by atoms with E-state index in [-0.39, 0.29) is 11.7 Å². The van der Waals surface area contributed by atoms with E-state index in [2.05, 4.69) is 10.1 Å². The molecule has 5 nitrogen and oxygen atoms in total. The molecule has 1 amide bonds. The molecule has 0 spiro atoms. The van der Waals surface area contributed by atoms with Crippen molar-refractivity contribution in [2.24, 2.45) is 0 Å². The molecule has 0 unspecified atom stereocenters. The standard InChI is InChI=1S/C18H16ClFN4O/c1-11-15-16(19)14(18(25)23-8-2-3-9-23)10-21-17(15)24(22-11)13-6-4-12(20)5-7-13/h4-7,10H,2-3,8-9H2,1H3. The van der Waals surface area contributed by atoms with Crippen molar-refractivity contribution >= 4 is 28.5 Å². The Morgan fingerprint density at radius 2 is 1.88 bits per heavy atom. The molecule has 1 fully saturated rings. The Kier molecular flexibility index (Phi) is 3.92. The fraction of sp³-hybridized carbons (Fsp3) is 0.278. The molecule has 0 bridgehead atoms. The Hall–Kier alpha value is -2.47. The van der Waals surface area contributed by atoms with Gasteiger partial charge < -0.3 is 4.90 Å². The van der Waals surface area contributed by atoms with Gasteiger partial charge in [0.05, 0.1) is 27.4 Å². The highest BCUT2D eigenvalue weighted by Gasteiger charge is 2.25. The molecule has 1 saturated heterocycles. The van der Waals surface area contributed by atoms with Crippen molar-refractivity contribution in [2.45, 2.75) is 19.8 Å². The molecule has 0 aliphatic carbocycles. The highest BCUT2D eigenvalue weighted by Crippen LogP contribution is 2.31. The van der Waals surface area contributed by atoms with Gasteiger partial charge in [-0.05, 0) is 44.0 Å². The Balaban J connectivity index is 1.84. The molecule has 4 rings (SSSR count). The molecule has 1 aliphatic heterocycles. The van der Waals surface area contributed by atoms with E-state index in [4.69, 9.17) is 11.6 Å². The SMILES string of the molecule is Cc1nn(-c2ccc(F)cc2)c2ncc(C(=O)N3CCCC3)c(Cl)c12. The number of halogens is 2. The number of fused-ring (bicyclic) bond motifs is 1. The van der Waals surface area contributed by atoms with Crippen LogP contribution in [0.15, 0.2) is 30.5 Å². The maximum absolute atomic E-state index is 13.2. The minimum atomic E-state index is -0.318. The van der Waals surface area contributed by atoms with Crippen molar-refractivity contribution in [1.29, 1.82) is 0 Å². The van der Waals surface area contributed by atoms with Crippen LogP contribution in [0.2, 0.25) is 5.02 Å². The number of benzene rings is 1. The smallest absolute Gasteiger partial charge is 0.256 e. The first kappa shape index (κ1) is 16.0. The second-order valence-corrected chi connectivity index (χ2v) is 6.54. The molecule has 3 aromatic rings. The van der Waals surface area contributed by atoms with E-state index in [0.29, 0.717) is 33.0 Å². The first-order valence-electron chi connectivity index (χ1n) is 8.15. The second kappa shape index (κ2) is 6.11. The summed E-state index contributed by atoms with van der Waals surface area (Å²) in [5.74, 6) is -0.410. The van der Waals surface area contributed by atoms with Crippen molar-refractivity contribution in [2.75, 3.05) is 13.1 Å². The van der Waals surface area contributed by atoms with Crippen LogP contribution in [0.1, 0.15) is 28.9 Å². The third kappa shape index (κ3) is 2.66. The van der Waals surface area contributed by atoms with Crippen LogP contribution in [0, 0.1) is 12.7 Å². The van der Waals surface area contributed by atoms with E-state index in [1.807, 2.05) is 6.92 Å². The zero-order valence-corrected chi connectivity index (χ0v) is 14.4. The average Bonchev–Trinajstić information content (AvgIpc) is 3.24. The molecule has 1 aliphatic rings. The summed E-state index contributed by atoms with van der Waals surface area (Å²) in [4.78, 5) is 18.9. The number of aryl methyl sites for hydroxylation is 1. The maximum Gasteiger partial charge on any atom is 0.256 e. The van der Waals surface area contributed by atoms with Crippen LogP contribution in [0.3, 0.4) is 0 Å². The summed E-state index contributed by atoms with van der Waals surface area (Å²) in [7, 11) is 0. The summed E-state index contributed by atoms with van der Waals surface area (Å²) in [5, 5.41) is 5.49. The van der Waals surface area contributed by atoms with Crippen LogP contribution in [0.5, 0.6) is 0 Å². The summed E-state index contributed by atoms with van der Waals surface area (Å²) in [6, 6.07) is 5.98. The summed E-state index contributed by atoms with van der Waals surface area (Å²) >= 11 is 6.55. The first-order valence-corrected chi connectivity index (χ1v) is 8.53. The minimum Gasteiger partial charge on any atom is -0.339 e. The van der Waals surface area contributed by atoms with Gasteiger partial charge in [0.2, 0.25) is 0 Å². The van der Waals surface area contributed by atoms with Gasteiger partial charge in [-0.3, -0.25) is 4.79 Å². The minimum absolute atomic E-state index is 0.0918. The number of carbonyl (C=O) groups excluding carboxylic acids is 1. The molecule has 7 heteroatoms. The number of carbonyl (C=O) groups is 1. The number of likely N-dealkylation sites (tertiary alicyclic amines) is 1. The monoisotopic (exact) mass is 358 g/mol. The van der Waals surface area contributed by atoms with Crippen molar-refractivity contribution < 1.29 is 9.18 Å². The summed E-state index contributed by atoms with van der Waals surface area (Å²) in [6.07, 6.45) is 3.54. The summed E-state index contributed by atoms with van der Waals surface area (Å²) in [6.45, 7) is 3.32. The second-order valence-electron chi connectivity index (χ2n) is 6.16. The van der Waals surface area contributed by atoms with E-state index < -0.39 is 0 Å². The Labute approximate surface area is 149 Å². The zero-order chi connectivity index (χ0) is 17.6. The number of nitrogens with zero attached hydrogens (tertiary/aromatic N) is 4. The average molecular weight is 359 g/mol. The molecule has 25 heavy (non-hydrogen) atoms. The normalized spacial score (nSPS) is 14.4. The molecule has 0 radical (unpaired) electrons. The van der Waals surface area contributed by atoms with Crippen LogP contribution in [0.25, 0.3) is 16.7 Å². The van der Waals surface area contributed by atoms with E-state index in [1.165, 1.54) is 18.3 Å². The van der Waals surface area contributed by atoms with Gasteiger partial charge in [-0.2, -0.15) is 5.10 Å². The molecule has 3 heterocycles. The number of amides is 1. The number of aromatic nitrogens is 3. The van der Waals surface area contributed by atoms with E-state index in [1.54, 1.807) is 21.7 Å². The lowest BCUT2D eigenvalue weighted by atomic mass is 10.2. The predicted molar refractivity (Wildman–Crippen MR) is 93.7 cm³/mol. The summed E-state index contributed by atoms with van der Waals surface area (Å²) < 4.78 is 14.8. The van der Waals surface area contributed by atoms with Gasteiger partial charge in [0.15, 0.2) is 5.65 Å². The molecular formula is C18H16ClFN4O. The predicted octanol–water partition coefficient (Wildman–Crippen LogP) is 3.76. The van der Waals surface area contributed by atoms with Gasteiger partial charge in [0, 0.05) is 19.3 Å². The van der Waals surface area contributed by atoms with Gasteiger partial charge in [0.25, 0.3) is 5.91 Å². The van der Waals surface area contributed by atoms with Crippen molar-refractivity contribution in [3.8, 4) is 5.69 Å². The van der Waals surface area contributed by atoms with E-state index in [0.717, 1.165) is 25.9 Å². The van der Waals surface area contributed by atoms with Crippen LogP contribution in [0.4, 0.5) is 4.39 Å². The van der Waals surface area contributed by atoms with Crippen molar-refractivity contribution in [3.05, 3.63) is 52.6 Å². The highest BCUT2D eigenvalue weighted by atomic mass is 35.5. The van der Waals surface area contributed by atoms with Gasteiger partial charge in [-0.15, -0.1) is 0 Å². The fourth-order valence-electron chi connectivity index (χ4n) is 3.21. The van der Waals surface area contributed by atoms with Gasteiger partial charge in [-0.25, -0.2) is 14.1 Å². The van der Waals surface area contributed by atoms with Crippen LogP contribution in [-0.2, 0) is 0 Å². The molecule has 1 aromatic carbocycles. The van der Waals surface area contributed by atoms with Gasteiger partial charge in [0.1, 0.15) is 5.82 Å². The molecule has 0 N–H and O–H groups in total. The number of pyridine rings is 1. The number of rotatable bonds is 2. The highest BCUT2D eigenvalue weighted by molar-refractivity contribution is 6.38. The number of hydrogen-bond acceptors (Lipinski definition) is 3. The largest absolute Gasteiger partial charge is 0.339 e. The quantitative estimate of drug-likeness (QED) is 0.701. The Bertz CT molecular complexity index is 961.